The van der Waals surface area contributed by atoms with E-state index >= 15 is 0 Å². The Bertz CT molecular complexity index is 466. The summed E-state index contributed by atoms with van der Waals surface area (Å²) in [6.07, 6.45) is 5.68. The molecule has 1 aromatic rings. The van der Waals surface area contributed by atoms with Crippen molar-refractivity contribution in [1.29, 1.82) is 5.26 Å². The van der Waals surface area contributed by atoms with E-state index in [1.54, 1.807) is 6.07 Å². The number of hydrogen-bond donors (Lipinski definition) is 1. The molecule has 0 aromatic heterocycles. The lowest BCUT2D eigenvalue weighted by Crippen LogP contribution is -2.41. The molecule has 2 rings (SSSR count). The predicted molar refractivity (Wildman–Crippen MR) is 82.2 cm³/mol. The Morgan fingerprint density at radius 2 is 2.00 bits per heavy atom. The molecular weight excluding hydrogens is 264 g/mol. The van der Waals surface area contributed by atoms with Gasteiger partial charge in [-0.3, -0.25) is 0 Å². The second-order valence-electron chi connectivity index (χ2n) is 5.51. The number of nitrogens with zero attached hydrogens (tertiary/aromatic N) is 2. The minimum absolute atomic E-state index is 0.259. The number of hydrogen-bond acceptors (Lipinski definition) is 4. The molecule has 21 heavy (non-hydrogen) atoms. The number of rotatable bonds is 9. The highest BCUT2D eigenvalue weighted by molar-refractivity contribution is 5.42. The summed E-state index contributed by atoms with van der Waals surface area (Å²) in [7, 11) is 0. The van der Waals surface area contributed by atoms with Crippen molar-refractivity contribution in [3.8, 4) is 11.8 Å². The van der Waals surface area contributed by atoms with Gasteiger partial charge in [0.2, 0.25) is 0 Å². The molecule has 114 valence electrons. The molecule has 1 fully saturated rings. The van der Waals surface area contributed by atoms with Crippen molar-refractivity contribution in [1.82, 2.24) is 4.90 Å². The van der Waals surface area contributed by atoms with Gasteiger partial charge in [0.1, 0.15) is 11.8 Å². The van der Waals surface area contributed by atoms with Gasteiger partial charge in [-0.15, -0.1) is 0 Å². The Kier molecular flexibility index (Phi) is 6.52. The monoisotopic (exact) mass is 288 g/mol. The van der Waals surface area contributed by atoms with E-state index in [4.69, 9.17) is 15.1 Å². The standard InChI is InChI=1S/C17H24N2O2/c18-14-15-6-1-2-9-17(15)21-13-5-11-19(10-4-12-20)16-7-3-8-16/h1-2,6,9,16,20H,3-5,7-8,10-13H2. The molecule has 4 heteroatoms. The fraction of sp³-hybridized carbons (Fsp3) is 0.588. The Morgan fingerprint density at radius 3 is 2.67 bits per heavy atom. The summed E-state index contributed by atoms with van der Waals surface area (Å²) in [5, 5.41) is 18.0. The molecule has 4 nitrogen and oxygen atoms in total. The maximum Gasteiger partial charge on any atom is 0.137 e. The second kappa shape index (κ2) is 8.66. The van der Waals surface area contributed by atoms with Gasteiger partial charge in [-0.25, -0.2) is 0 Å². The van der Waals surface area contributed by atoms with Gasteiger partial charge in [0.15, 0.2) is 0 Å². The molecule has 0 unspecified atom stereocenters. The van der Waals surface area contributed by atoms with Crippen LogP contribution in [0.4, 0.5) is 0 Å². The van der Waals surface area contributed by atoms with Crippen molar-refractivity contribution in [2.45, 2.75) is 38.1 Å². The van der Waals surface area contributed by atoms with Gasteiger partial charge >= 0.3 is 0 Å². The smallest absolute Gasteiger partial charge is 0.137 e. The summed E-state index contributed by atoms with van der Waals surface area (Å²) in [4.78, 5) is 2.47. The minimum atomic E-state index is 0.259. The molecule has 0 saturated heterocycles. The van der Waals surface area contributed by atoms with Gasteiger partial charge in [-0.2, -0.15) is 5.26 Å². The molecule has 0 radical (unpaired) electrons. The van der Waals surface area contributed by atoms with Crippen LogP contribution < -0.4 is 4.74 Å². The summed E-state index contributed by atoms with van der Waals surface area (Å²) in [6.45, 7) is 2.85. The van der Waals surface area contributed by atoms with Gasteiger partial charge < -0.3 is 14.7 Å². The molecule has 1 N–H and O–H groups in total. The van der Waals surface area contributed by atoms with Gasteiger partial charge in [0.25, 0.3) is 0 Å². The first-order chi connectivity index (χ1) is 10.3. The van der Waals surface area contributed by atoms with Gasteiger partial charge in [0, 0.05) is 25.7 Å². The molecule has 0 amide bonds. The maximum absolute atomic E-state index is 9.01. The third-order valence-electron chi connectivity index (χ3n) is 4.05. The van der Waals surface area contributed by atoms with E-state index in [0.29, 0.717) is 24.0 Å². The van der Waals surface area contributed by atoms with Crippen molar-refractivity contribution < 1.29 is 9.84 Å². The Morgan fingerprint density at radius 1 is 1.24 bits per heavy atom. The molecule has 0 bridgehead atoms. The van der Waals surface area contributed by atoms with Crippen molar-refractivity contribution in [2.75, 3.05) is 26.3 Å². The molecule has 1 aromatic carbocycles. The van der Waals surface area contributed by atoms with Crippen LogP contribution in [0.2, 0.25) is 0 Å². The second-order valence-corrected chi connectivity index (χ2v) is 5.51. The zero-order chi connectivity index (χ0) is 14.9. The number of aliphatic hydroxyl groups is 1. The predicted octanol–water partition coefficient (Wildman–Crippen LogP) is 2.56. The summed E-state index contributed by atoms with van der Waals surface area (Å²) in [6, 6.07) is 10.2. The first kappa shape index (κ1) is 15.8. The van der Waals surface area contributed by atoms with Crippen molar-refractivity contribution >= 4 is 0 Å². The number of ether oxygens (including phenoxy) is 1. The molecule has 0 atom stereocenters. The first-order valence-corrected chi connectivity index (χ1v) is 7.82. The fourth-order valence-electron chi connectivity index (χ4n) is 2.64. The van der Waals surface area contributed by atoms with Crippen LogP contribution in [0.25, 0.3) is 0 Å². The minimum Gasteiger partial charge on any atom is -0.492 e. The maximum atomic E-state index is 9.01. The van der Waals surface area contributed by atoms with E-state index in [-0.39, 0.29) is 6.61 Å². The van der Waals surface area contributed by atoms with Crippen LogP contribution in [-0.2, 0) is 0 Å². The van der Waals surface area contributed by atoms with Gasteiger partial charge in [0.05, 0.1) is 12.2 Å². The van der Waals surface area contributed by atoms with Crippen LogP contribution in [0.1, 0.15) is 37.7 Å². The third kappa shape index (κ3) is 4.73. The highest BCUT2D eigenvalue weighted by Crippen LogP contribution is 2.25. The molecular formula is C17H24N2O2. The average molecular weight is 288 g/mol. The van der Waals surface area contributed by atoms with E-state index in [9.17, 15) is 0 Å². The molecule has 1 saturated carbocycles. The molecule has 1 aliphatic rings. The van der Waals surface area contributed by atoms with Crippen LogP contribution in [0.15, 0.2) is 24.3 Å². The Balaban J connectivity index is 1.73. The van der Waals surface area contributed by atoms with Crippen LogP contribution in [0.3, 0.4) is 0 Å². The summed E-state index contributed by atoms with van der Waals surface area (Å²) in [5.74, 6) is 0.672. The quantitative estimate of drug-likeness (QED) is 0.710. The van der Waals surface area contributed by atoms with E-state index in [0.717, 1.165) is 25.9 Å². The average Bonchev–Trinajstić information content (AvgIpc) is 2.47. The van der Waals surface area contributed by atoms with Gasteiger partial charge in [-0.05, 0) is 37.8 Å². The molecule has 0 heterocycles. The number of para-hydroxylation sites is 1. The van der Waals surface area contributed by atoms with Crippen molar-refractivity contribution in [3.05, 3.63) is 29.8 Å². The summed E-state index contributed by atoms with van der Waals surface area (Å²) in [5.41, 5.74) is 0.591. The molecule has 0 aliphatic heterocycles. The van der Waals surface area contributed by atoms with Crippen molar-refractivity contribution in [3.63, 3.8) is 0 Å². The number of benzene rings is 1. The number of nitriles is 1. The lowest BCUT2D eigenvalue weighted by molar-refractivity contribution is 0.109. The van der Waals surface area contributed by atoms with Crippen LogP contribution >= 0.6 is 0 Å². The van der Waals surface area contributed by atoms with Crippen LogP contribution in [0.5, 0.6) is 5.75 Å². The largest absolute Gasteiger partial charge is 0.492 e. The van der Waals surface area contributed by atoms with E-state index < -0.39 is 0 Å². The van der Waals surface area contributed by atoms with Crippen LogP contribution in [0, 0.1) is 11.3 Å². The SMILES string of the molecule is N#Cc1ccccc1OCCCN(CCCO)C1CCC1. The molecule has 0 spiro atoms. The first-order valence-electron chi connectivity index (χ1n) is 7.82. The lowest BCUT2D eigenvalue weighted by atomic mass is 9.91. The molecule has 1 aliphatic carbocycles. The zero-order valence-corrected chi connectivity index (χ0v) is 12.5. The van der Waals surface area contributed by atoms with E-state index in [2.05, 4.69) is 11.0 Å². The van der Waals surface area contributed by atoms with Gasteiger partial charge in [-0.1, -0.05) is 18.6 Å². The highest BCUT2D eigenvalue weighted by Gasteiger charge is 2.23. The summed E-state index contributed by atoms with van der Waals surface area (Å²) < 4.78 is 5.72. The normalized spacial score (nSPS) is 14.7. The van der Waals surface area contributed by atoms with Crippen molar-refractivity contribution in [2.24, 2.45) is 0 Å². The van der Waals surface area contributed by atoms with E-state index in [1.807, 2.05) is 18.2 Å². The lowest BCUT2D eigenvalue weighted by Gasteiger charge is -2.37. The number of aliphatic hydroxyl groups excluding tert-OH is 1. The topological polar surface area (TPSA) is 56.5 Å². The Hall–Kier alpha value is -1.57. The fourth-order valence-corrected chi connectivity index (χ4v) is 2.64. The summed E-state index contributed by atoms with van der Waals surface area (Å²) >= 11 is 0. The Labute approximate surface area is 127 Å². The van der Waals surface area contributed by atoms with Crippen LogP contribution in [-0.4, -0.2) is 42.4 Å². The zero-order valence-electron chi connectivity index (χ0n) is 12.5. The van der Waals surface area contributed by atoms with E-state index in [1.165, 1.54) is 19.3 Å². The third-order valence-corrected chi connectivity index (χ3v) is 4.05. The highest BCUT2D eigenvalue weighted by atomic mass is 16.5.